The van der Waals surface area contributed by atoms with Crippen LogP contribution in [0.1, 0.15) is 38.8 Å². The van der Waals surface area contributed by atoms with Crippen molar-refractivity contribution in [3.63, 3.8) is 0 Å². The average Bonchev–Trinajstić information content (AvgIpc) is 2.95. The molecule has 2 rings (SSSR count). The van der Waals surface area contributed by atoms with Crippen LogP contribution >= 0.6 is 0 Å². The van der Waals surface area contributed by atoms with Gasteiger partial charge in [0.2, 0.25) is 0 Å². The number of nitrogens with zero attached hydrogens (tertiary/aromatic N) is 1. The highest BCUT2D eigenvalue weighted by molar-refractivity contribution is 5.07. The van der Waals surface area contributed by atoms with Gasteiger partial charge in [0.15, 0.2) is 0 Å². The van der Waals surface area contributed by atoms with Crippen molar-refractivity contribution in [3.8, 4) is 0 Å². The largest absolute Gasteiger partial charge is 0.378 e. The van der Waals surface area contributed by atoms with Crippen molar-refractivity contribution in [2.75, 3.05) is 6.61 Å². The van der Waals surface area contributed by atoms with Crippen LogP contribution in [0.15, 0.2) is 18.3 Å². The highest BCUT2D eigenvalue weighted by Crippen LogP contribution is 2.16. The number of ether oxygens (including phenoxy) is 1. The summed E-state index contributed by atoms with van der Waals surface area (Å²) in [6.45, 7) is 7.35. The lowest BCUT2D eigenvalue weighted by atomic mass is 10.2. The van der Waals surface area contributed by atoms with Crippen LogP contribution in [-0.2, 0) is 17.8 Å². The number of rotatable bonds is 6. The van der Waals surface area contributed by atoms with Crippen molar-refractivity contribution >= 4 is 0 Å². The first kappa shape index (κ1) is 12.7. The Hall–Kier alpha value is -0.800. The lowest BCUT2D eigenvalue weighted by Gasteiger charge is -2.14. The molecular formula is C14H24N2O. The SMILES string of the molecule is CC(C)NCc1cccn1CCC1CCCO1. The van der Waals surface area contributed by atoms with Crippen LogP contribution in [0.25, 0.3) is 0 Å². The summed E-state index contributed by atoms with van der Waals surface area (Å²) in [5, 5.41) is 3.46. The van der Waals surface area contributed by atoms with Crippen LogP contribution in [0.4, 0.5) is 0 Å². The second-order valence-electron chi connectivity index (χ2n) is 5.15. The minimum atomic E-state index is 0.489. The van der Waals surface area contributed by atoms with Crippen LogP contribution in [0.2, 0.25) is 0 Å². The molecule has 1 aliphatic heterocycles. The monoisotopic (exact) mass is 236 g/mol. The van der Waals surface area contributed by atoms with E-state index < -0.39 is 0 Å². The Morgan fingerprint density at radius 2 is 2.41 bits per heavy atom. The molecule has 0 saturated carbocycles. The fourth-order valence-electron chi connectivity index (χ4n) is 2.29. The molecule has 1 unspecified atom stereocenters. The van der Waals surface area contributed by atoms with Gasteiger partial charge in [-0.2, -0.15) is 0 Å². The summed E-state index contributed by atoms with van der Waals surface area (Å²) in [6, 6.07) is 4.87. The molecule has 1 saturated heterocycles. The summed E-state index contributed by atoms with van der Waals surface area (Å²) in [6.07, 6.45) is 6.28. The van der Waals surface area contributed by atoms with E-state index in [1.807, 2.05) is 0 Å². The Morgan fingerprint density at radius 1 is 1.53 bits per heavy atom. The van der Waals surface area contributed by atoms with Gasteiger partial charge >= 0.3 is 0 Å². The molecule has 0 radical (unpaired) electrons. The Morgan fingerprint density at radius 3 is 3.12 bits per heavy atom. The molecule has 1 N–H and O–H groups in total. The fraction of sp³-hybridized carbons (Fsp3) is 0.714. The minimum Gasteiger partial charge on any atom is -0.378 e. The Bertz CT molecular complexity index is 327. The average molecular weight is 236 g/mol. The maximum absolute atomic E-state index is 5.66. The van der Waals surface area contributed by atoms with Gasteiger partial charge in [-0.25, -0.2) is 0 Å². The zero-order chi connectivity index (χ0) is 12.1. The zero-order valence-electron chi connectivity index (χ0n) is 11.0. The molecule has 96 valence electrons. The topological polar surface area (TPSA) is 26.2 Å². The van der Waals surface area contributed by atoms with Gasteiger partial charge in [0.1, 0.15) is 0 Å². The second kappa shape index (κ2) is 6.22. The third kappa shape index (κ3) is 3.86. The summed E-state index contributed by atoms with van der Waals surface area (Å²) >= 11 is 0. The third-order valence-electron chi connectivity index (χ3n) is 3.33. The van der Waals surface area contributed by atoms with Gasteiger partial charge in [0.25, 0.3) is 0 Å². The van der Waals surface area contributed by atoms with E-state index in [0.29, 0.717) is 12.1 Å². The lowest BCUT2D eigenvalue weighted by molar-refractivity contribution is 0.100. The highest BCUT2D eigenvalue weighted by atomic mass is 16.5. The van der Waals surface area contributed by atoms with E-state index in [1.165, 1.54) is 18.5 Å². The van der Waals surface area contributed by atoms with E-state index in [1.54, 1.807) is 0 Å². The van der Waals surface area contributed by atoms with Crippen LogP contribution in [-0.4, -0.2) is 23.3 Å². The third-order valence-corrected chi connectivity index (χ3v) is 3.33. The molecule has 1 atom stereocenters. The molecule has 1 aliphatic rings. The molecule has 0 aromatic carbocycles. The first-order chi connectivity index (χ1) is 8.25. The van der Waals surface area contributed by atoms with Crippen molar-refractivity contribution in [2.24, 2.45) is 0 Å². The van der Waals surface area contributed by atoms with Crippen LogP contribution < -0.4 is 5.32 Å². The number of aromatic nitrogens is 1. The van der Waals surface area contributed by atoms with Gasteiger partial charge < -0.3 is 14.6 Å². The zero-order valence-corrected chi connectivity index (χ0v) is 11.0. The van der Waals surface area contributed by atoms with Gasteiger partial charge in [-0.1, -0.05) is 13.8 Å². The fourth-order valence-corrected chi connectivity index (χ4v) is 2.29. The molecule has 17 heavy (non-hydrogen) atoms. The van der Waals surface area contributed by atoms with E-state index >= 15 is 0 Å². The summed E-state index contributed by atoms with van der Waals surface area (Å²) in [4.78, 5) is 0. The van der Waals surface area contributed by atoms with Gasteiger partial charge in [0, 0.05) is 37.6 Å². The molecule has 0 spiro atoms. The number of nitrogens with one attached hydrogen (secondary N) is 1. The second-order valence-corrected chi connectivity index (χ2v) is 5.15. The Kier molecular flexibility index (Phi) is 4.63. The first-order valence-corrected chi connectivity index (χ1v) is 6.74. The smallest absolute Gasteiger partial charge is 0.0593 e. The van der Waals surface area contributed by atoms with E-state index in [2.05, 4.69) is 42.1 Å². The molecule has 3 heteroatoms. The van der Waals surface area contributed by atoms with Crippen molar-refractivity contribution in [1.82, 2.24) is 9.88 Å². The summed E-state index contributed by atoms with van der Waals surface area (Å²) in [7, 11) is 0. The quantitative estimate of drug-likeness (QED) is 0.821. The Labute approximate surface area is 104 Å². The molecule has 0 aliphatic carbocycles. The minimum absolute atomic E-state index is 0.489. The first-order valence-electron chi connectivity index (χ1n) is 6.74. The number of hydrogen-bond donors (Lipinski definition) is 1. The molecule has 3 nitrogen and oxygen atoms in total. The predicted octanol–water partition coefficient (Wildman–Crippen LogP) is 2.56. The van der Waals surface area contributed by atoms with Gasteiger partial charge in [-0.05, 0) is 31.4 Å². The van der Waals surface area contributed by atoms with Crippen LogP contribution in [0.5, 0.6) is 0 Å². The standard InChI is InChI=1S/C14H24N2O/c1-12(2)15-11-13-5-3-8-16(13)9-7-14-6-4-10-17-14/h3,5,8,12,14-15H,4,6-7,9-11H2,1-2H3. The summed E-state index contributed by atoms with van der Waals surface area (Å²) < 4.78 is 8.00. The normalized spacial score (nSPS) is 20.3. The van der Waals surface area contributed by atoms with Crippen molar-refractivity contribution in [1.29, 1.82) is 0 Å². The molecule has 2 heterocycles. The molecule has 0 amide bonds. The van der Waals surface area contributed by atoms with E-state index in [0.717, 1.165) is 26.1 Å². The molecule has 1 aromatic rings. The summed E-state index contributed by atoms with van der Waals surface area (Å²) in [5.74, 6) is 0. The molecule has 1 aromatic heterocycles. The van der Waals surface area contributed by atoms with Crippen molar-refractivity contribution in [3.05, 3.63) is 24.0 Å². The van der Waals surface area contributed by atoms with Gasteiger partial charge in [0.05, 0.1) is 6.10 Å². The predicted molar refractivity (Wildman–Crippen MR) is 70.0 cm³/mol. The summed E-state index contributed by atoms with van der Waals surface area (Å²) in [5.41, 5.74) is 1.37. The molecular weight excluding hydrogens is 212 g/mol. The number of hydrogen-bond acceptors (Lipinski definition) is 2. The Balaban J connectivity index is 1.80. The highest BCUT2D eigenvalue weighted by Gasteiger charge is 2.15. The van der Waals surface area contributed by atoms with Crippen molar-refractivity contribution < 1.29 is 4.74 Å². The van der Waals surface area contributed by atoms with Crippen molar-refractivity contribution in [2.45, 2.75) is 58.3 Å². The van der Waals surface area contributed by atoms with E-state index in [-0.39, 0.29) is 0 Å². The lowest BCUT2D eigenvalue weighted by Crippen LogP contribution is -2.23. The van der Waals surface area contributed by atoms with Gasteiger partial charge in [-0.3, -0.25) is 0 Å². The van der Waals surface area contributed by atoms with Gasteiger partial charge in [-0.15, -0.1) is 0 Å². The van der Waals surface area contributed by atoms with Crippen LogP contribution in [0, 0.1) is 0 Å². The maximum Gasteiger partial charge on any atom is 0.0593 e. The molecule has 1 fully saturated rings. The molecule has 0 bridgehead atoms. The van der Waals surface area contributed by atoms with E-state index in [4.69, 9.17) is 4.74 Å². The number of aryl methyl sites for hydroxylation is 1. The van der Waals surface area contributed by atoms with Crippen LogP contribution in [0.3, 0.4) is 0 Å². The van der Waals surface area contributed by atoms with E-state index in [9.17, 15) is 0 Å². The maximum atomic E-state index is 5.66.